The zero-order valence-corrected chi connectivity index (χ0v) is 18.1. The fourth-order valence-corrected chi connectivity index (χ4v) is 1.59. The van der Waals surface area contributed by atoms with Crippen molar-refractivity contribution in [3.05, 3.63) is 91.6 Å². The first-order valence-electron chi connectivity index (χ1n) is 9.48. The largest absolute Gasteiger partial charge is 0.451 e. The van der Waals surface area contributed by atoms with E-state index in [-0.39, 0.29) is 11.7 Å². The van der Waals surface area contributed by atoms with Crippen LogP contribution < -0.4 is 5.32 Å². The number of carbonyl (C=O) groups excluding carboxylic acids is 1. The lowest BCUT2D eigenvalue weighted by Crippen LogP contribution is -2.21. The lowest BCUT2D eigenvalue weighted by atomic mass is 10.2. The Morgan fingerprint density at radius 3 is 1.96 bits per heavy atom. The highest BCUT2D eigenvalue weighted by Crippen LogP contribution is 2.19. The summed E-state index contributed by atoms with van der Waals surface area (Å²) in [7, 11) is 0. The van der Waals surface area contributed by atoms with Gasteiger partial charge in [-0.05, 0) is 31.2 Å². The van der Waals surface area contributed by atoms with E-state index in [2.05, 4.69) is 25.1 Å². The SMILES string of the molecule is C=C/C=C\C(=C/C)c1ccc(C(=O)N/C(C=C)=C/C=C)o1.CC.CC.CC. The van der Waals surface area contributed by atoms with E-state index >= 15 is 0 Å². The van der Waals surface area contributed by atoms with Crippen LogP contribution in [-0.2, 0) is 0 Å². The van der Waals surface area contributed by atoms with Gasteiger partial charge in [0.15, 0.2) is 5.76 Å². The summed E-state index contributed by atoms with van der Waals surface area (Å²) in [5.41, 5.74) is 1.44. The first-order chi connectivity index (χ1) is 13.2. The lowest BCUT2D eigenvalue weighted by Gasteiger charge is -2.02. The van der Waals surface area contributed by atoms with Gasteiger partial charge in [-0.3, -0.25) is 4.79 Å². The second-order valence-electron chi connectivity index (χ2n) is 4.02. The highest BCUT2D eigenvalue weighted by molar-refractivity contribution is 5.93. The predicted molar refractivity (Wildman–Crippen MR) is 122 cm³/mol. The van der Waals surface area contributed by atoms with E-state index in [0.717, 1.165) is 5.57 Å². The van der Waals surface area contributed by atoms with Crippen LogP contribution in [0.4, 0.5) is 0 Å². The third kappa shape index (κ3) is 12.2. The van der Waals surface area contributed by atoms with Gasteiger partial charge in [-0.25, -0.2) is 0 Å². The second-order valence-corrected chi connectivity index (χ2v) is 4.02. The highest BCUT2D eigenvalue weighted by atomic mass is 16.3. The van der Waals surface area contributed by atoms with Crippen LogP contribution in [0.1, 0.15) is 64.8 Å². The first kappa shape index (κ1) is 29.0. The molecule has 0 atom stereocenters. The fraction of sp³-hybridized carbons (Fsp3) is 0.292. The molecule has 1 amide bonds. The quantitative estimate of drug-likeness (QED) is 0.504. The van der Waals surface area contributed by atoms with E-state index in [0.29, 0.717) is 11.5 Å². The minimum Gasteiger partial charge on any atom is -0.451 e. The Bertz CT molecular complexity index is 629. The van der Waals surface area contributed by atoms with Crippen molar-refractivity contribution < 1.29 is 9.21 Å². The number of hydrogen-bond acceptors (Lipinski definition) is 2. The topological polar surface area (TPSA) is 42.2 Å². The van der Waals surface area contributed by atoms with E-state index in [1.807, 2.05) is 60.6 Å². The molecule has 0 aliphatic carbocycles. The van der Waals surface area contributed by atoms with Crippen molar-refractivity contribution in [1.29, 1.82) is 0 Å². The molecule has 0 aliphatic heterocycles. The summed E-state index contributed by atoms with van der Waals surface area (Å²) in [5.74, 6) is 0.513. The molecular weight excluding hydrogens is 334 g/mol. The van der Waals surface area contributed by atoms with Gasteiger partial charge in [0.05, 0.1) is 0 Å². The van der Waals surface area contributed by atoms with E-state index in [9.17, 15) is 4.79 Å². The maximum atomic E-state index is 12.0. The van der Waals surface area contributed by atoms with Gasteiger partial charge < -0.3 is 9.73 Å². The Morgan fingerprint density at radius 2 is 1.52 bits per heavy atom. The van der Waals surface area contributed by atoms with Crippen LogP contribution in [0.5, 0.6) is 0 Å². The molecule has 0 aliphatic rings. The summed E-state index contributed by atoms with van der Waals surface area (Å²) in [6, 6.07) is 3.38. The molecule has 0 spiro atoms. The van der Waals surface area contributed by atoms with Crippen molar-refractivity contribution in [2.24, 2.45) is 0 Å². The minimum atomic E-state index is -0.336. The zero-order chi connectivity index (χ0) is 21.7. The third-order valence-electron chi connectivity index (χ3n) is 2.61. The van der Waals surface area contributed by atoms with Crippen LogP contribution >= 0.6 is 0 Å². The Kier molecular flexibility index (Phi) is 22.8. The summed E-state index contributed by atoms with van der Waals surface area (Å²) in [5, 5.41) is 2.68. The molecular formula is C24H37NO2. The van der Waals surface area contributed by atoms with Crippen LogP contribution in [0.2, 0.25) is 0 Å². The van der Waals surface area contributed by atoms with Crippen LogP contribution in [-0.4, -0.2) is 5.91 Å². The van der Waals surface area contributed by atoms with Crippen LogP contribution in [0.15, 0.2) is 84.5 Å². The van der Waals surface area contributed by atoms with Crippen molar-refractivity contribution >= 4 is 11.5 Å². The molecule has 1 N–H and O–H groups in total. The van der Waals surface area contributed by atoms with Crippen molar-refractivity contribution in [3.8, 4) is 0 Å². The molecule has 0 bridgehead atoms. The Balaban J connectivity index is -0.000000869. The molecule has 1 heterocycles. The van der Waals surface area contributed by atoms with Crippen LogP contribution in [0.25, 0.3) is 5.57 Å². The molecule has 0 fully saturated rings. The average Bonchev–Trinajstić information content (AvgIpc) is 3.23. The molecule has 27 heavy (non-hydrogen) atoms. The average molecular weight is 372 g/mol. The van der Waals surface area contributed by atoms with Crippen molar-refractivity contribution in [2.75, 3.05) is 0 Å². The maximum absolute atomic E-state index is 12.0. The summed E-state index contributed by atoms with van der Waals surface area (Å²) in [6.45, 7) is 24.7. The van der Waals surface area contributed by atoms with Gasteiger partial charge >= 0.3 is 0 Å². The fourth-order valence-electron chi connectivity index (χ4n) is 1.59. The summed E-state index contributed by atoms with van der Waals surface area (Å²) in [6.07, 6.45) is 12.0. The lowest BCUT2D eigenvalue weighted by molar-refractivity contribution is 0.0939. The number of carbonyl (C=O) groups is 1. The van der Waals surface area contributed by atoms with Gasteiger partial charge in [0.2, 0.25) is 0 Å². The minimum absolute atomic E-state index is 0.230. The summed E-state index contributed by atoms with van der Waals surface area (Å²) < 4.78 is 5.57. The van der Waals surface area contributed by atoms with Gasteiger partial charge in [-0.15, -0.1) is 0 Å². The van der Waals surface area contributed by atoms with Crippen molar-refractivity contribution in [2.45, 2.75) is 48.5 Å². The third-order valence-corrected chi connectivity index (χ3v) is 2.61. The standard InChI is InChI=1S/C18H19NO2.3C2H6/c1-5-9-11-14(7-3)16-12-13-17(21-16)18(20)19-15(8-4)10-6-2;3*1-2/h5-13H,1-2,4H2,3H3,(H,19,20);3*1-2H3/b11-9-,14-7+,15-10+;;;. The molecule has 0 saturated heterocycles. The number of allylic oxidation sites excluding steroid dienone is 8. The molecule has 0 aromatic carbocycles. The normalized spacial score (nSPS) is 10.2. The van der Waals surface area contributed by atoms with E-state index in [1.165, 1.54) is 6.08 Å². The number of furan rings is 1. The van der Waals surface area contributed by atoms with Gasteiger partial charge in [0, 0.05) is 11.3 Å². The molecule has 3 heteroatoms. The molecule has 0 saturated carbocycles. The highest BCUT2D eigenvalue weighted by Gasteiger charge is 2.12. The molecule has 0 unspecified atom stereocenters. The van der Waals surface area contributed by atoms with E-state index in [4.69, 9.17) is 4.42 Å². The summed E-state index contributed by atoms with van der Waals surface area (Å²) >= 11 is 0. The van der Waals surface area contributed by atoms with Gasteiger partial charge in [0.1, 0.15) is 5.76 Å². The molecule has 1 aromatic heterocycles. The number of nitrogens with one attached hydrogen (secondary N) is 1. The smallest absolute Gasteiger partial charge is 0.291 e. The number of hydrogen-bond donors (Lipinski definition) is 1. The predicted octanol–water partition coefficient (Wildman–Crippen LogP) is 7.49. The van der Waals surface area contributed by atoms with Crippen LogP contribution in [0, 0.1) is 0 Å². The maximum Gasteiger partial charge on any atom is 0.291 e. The molecule has 1 rings (SSSR count). The van der Waals surface area contributed by atoms with Crippen LogP contribution in [0.3, 0.4) is 0 Å². The number of rotatable bonds is 7. The van der Waals surface area contributed by atoms with Gasteiger partial charge in [0.25, 0.3) is 5.91 Å². The van der Waals surface area contributed by atoms with Crippen molar-refractivity contribution in [1.82, 2.24) is 5.32 Å². The second kappa shape index (κ2) is 21.2. The Labute approximate surface area is 166 Å². The Morgan fingerprint density at radius 1 is 0.963 bits per heavy atom. The van der Waals surface area contributed by atoms with Gasteiger partial charge in [-0.2, -0.15) is 0 Å². The van der Waals surface area contributed by atoms with Gasteiger partial charge in [-0.1, -0.05) is 91.7 Å². The molecule has 150 valence electrons. The number of amides is 1. The summed E-state index contributed by atoms with van der Waals surface area (Å²) in [4.78, 5) is 12.0. The van der Waals surface area contributed by atoms with Crippen molar-refractivity contribution in [3.63, 3.8) is 0 Å². The first-order valence-corrected chi connectivity index (χ1v) is 9.48. The zero-order valence-electron chi connectivity index (χ0n) is 18.1. The molecule has 1 aromatic rings. The Hall–Kier alpha value is -2.81. The van der Waals surface area contributed by atoms with E-state index in [1.54, 1.807) is 36.4 Å². The molecule has 3 nitrogen and oxygen atoms in total. The van der Waals surface area contributed by atoms with E-state index < -0.39 is 0 Å². The molecule has 0 radical (unpaired) electrons. The monoisotopic (exact) mass is 371 g/mol.